The van der Waals surface area contributed by atoms with Gasteiger partial charge in [0.2, 0.25) is 0 Å². The Morgan fingerprint density at radius 1 is 1.24 bits per heavy atom. The minimum absolute atomic E-state index is 0.141. The van der Waals surface area contributed by atoms with Crippen LogP contribution in [0.1, 0.15) is 38.3 Å². The predicted octanol–water partition coefficient (Wildman–Crippen LogP) is 4.07. The lowest BCUT2D eigenvalue weighted by molar-refractivity contribution is -0.138. The molecule has 0 fully saturated rings. The lowest BCUT2D eigenvalue weighted by atomic mass is 9.89. The molecule has 0 radical (unpaired) electrons. The first-order valence-electron chi connectivity index (χ1n) is 7.66. The molecule has 0 bridgehead atoms. The van der Waals surface area contributed by atoms with Crippen molar-refractivity contribution in [2.24, 2.45) is 7.05 Å². The van der Waals surface area contributed by atoms with Gasteiger partial charge in [0.25, 0.3) is 0 Å². The molecule has 0 spiro atoms. The van der Waals surface area contributed by atoms with Crippen LogP contribution in [0.25, 0.3) is 16.5 Å². The van der Waals surface area contributed by atoms with Crippen molar-refractivity contribution in [3.8, 4) is 0 Å². The van der Waals surface area contributed by atoms with Gasteiger partial charge in [-0.3, -0.25) is 0 Å². The monoisotopic (exact) mass is 283 g/mol. The average molecular weight is 283 g/mol. The molecule has 0 aliphatic heterocycles. The van der Waals surface area contributed by atoms with Crippen LogP contribution >= 0.6 is 0 Å². The summed E-state index contributed by atoms with van der Waals surface area (Å²) in [6, 6.07) is 10.5. The largest absolute Gasteiger partial charge is 0.463 e. The molecule has 0 N–H and O–H groups in total. The van der Waals surface area contributed by atoms with E-state index in [2.05, 4.69) is 29.8 Å². The van der Waals surface area contributed by atoms with E-state index in [1.54, 1.807) is 0 Å². The van der Waals surface area contributed by atoms with E-state index >= 15 is 0 Å². The van der Waals surface area contributed by atoms with Gasteiger partial charge in [-0.1, -0.05) is 18.2 Å². The first-order chi connectivity index (χ1) is 10.2. The highest BCUT2D eigenvalue weighted by Gasteiger charge is 2.23. The van der Waals surface area contributed by atoms with Crippen molar-refractivity contribution in [3.05, 3.63) is 41.6 Å². The Morgan fingerprint density at radius 2 is 2.00 bits per heavy atom. The van der Waals surface area contributed by atoms with Crippen LogP contribution in [-0.4, -0.2) is 17.1 Å². The molecule has 21 heavy (non-hydrogen) atoms. The standard InChI is InChI=1S/C18H21NO2/c1-3-21-18(20)15-10-6-5-9-14(15)17-12-13-8-4-7-11-16(13)19(17)2/h4,7-8,11-12H,3,5-6,9-10H2,1-2H3. The number of hydrogen-bond donors (Lipinski definition) is 0. The van der Waals surface area contributed by atoms with E-state index in [0.717, 1.165) is 37.0 Å². The normalized spacial score (nSPS) is 15.5. The van der Waals surface area contributed by atoms with Crippen LogP contribution in [0.3, 0.4) is 0 Å². The number of allylic oxidation sites excluding steroid dienone is 1. The summed E-state index contributed by atoms with van der Waals surface area (Å²) in [5.74, 6) is -0.141. The number of esters is 1. The molecular formula is C18H21NO2. The van der Waals surface area contributed by atoms with Crippen molar-refractivity contribution in [1.82, 2.24) is 4.57 Å². The molecule has 0 saturated carbocycles. The second-order valence-electron chi connectivity index (χ2n) is 5.53. The Kier molecular flexibility index (Phi) is 3.82. The molecule has 3 nitrogen and oxygen atoms in total. The summed E-state index contributed by atoms with van der Waals surface area (Å²) in [5, 5.41) is 1.22. The highest BCUT2D eigenvalue weighted by molar-refractivity contribution is 5.99. The smallest absolute Gasteiger partial charge is 0.334 e. The quantitative estimate of drug-likeness (QED) is 0.795. The number of para-hydroxylation sites is 1. The summed E-state index contributed by atoms with van der Waals surface area (Å²) in [6.07, 6.45) is 4.00. The Morgan fingerprint density at radius 3 is 2.76 bits per heavy atom. The van der Waals surface area contributed by atoms with Crippen LogP contribution in [0, 0.1) is 0 Å². The third-order valence-electron chi connectivity index (χ3n) is 4.25. The number of benzene rings is 1. The third kappa shape index (κ3) is 2.48. The molecule has 0 atom stereocenters. The SMILES string of the molecule is CCOC(=O)C1=C(c2cc3ccccc3n2C)CCCC1. The average Bonchev–Trinajstić information content (AvgIpc) is 2.85. The lowest BCUT2D eigenvalue weighted by Gasteiger charge is -2.20. The van der Waals surface area contributed by atoms with E-state index in [9.17, 15) is 4.79 Å². The summed E-state index contributed by atoms with van der Waals surface area (Å²) in [4.78, 5) is 12.2. The van der Waals surface area contributed by atoms with Crippen molar-refractivity contribution >= 4 is 22.4 Å². The minimum atomic E-state index is -0.141. The maximum atomic E-state index is 12.2. The molecule has 1 heterocycles. The summed E-state index contributed by atoms with van der Waals surface area (Å²) < 4.78 is 7.43. The fourth-order valence-electron chi connectivity index (χ4n) is 3.21. The topological polar surface area (TPSA) is 31.2 Å². The number of aromatic nitrogens is 1. The number of fused-ring (bicyclic) bond motifs is 1. The number of nitrogens with zero attached hydrogens (tertiary/aromatic N) is 1. The summed E-state index contributed by atoms with van der Waals surface area (Å²) in [5.41, 5.74) is 4.39. The number of carbonyl (C=O) groups is 1. The molecule has 110 valence electrons. The van der Waals surface area contributed by atoms with Crippen molar-refractivity contribution < 1.29 is 9.53 Å². The van der Waals surface area contributed by atoms with Gasteiger partial charge < -0.3 is 9.30 Å². The van der Waals surface area contributed by atoms with Gasteiger partial charge in [0.05, 0.1) is 6.61 Å². The summed E-state index contributed by atoms with van der Waals surface area (Å²) >= 11 is 0. The second-order valence-corrected chi connectivity index (χ2v) is 5.53. The molecule has 1 aromatic carbocycles. The van der Waals surface area contributed by atoms with Gasteiger partial charge in [0.15, 0.2) is 0 Å². The van der Waals surface area contributed by atoms with E-state index in [1.165, 1.54) is 16.5 Å². The van der Waals surface area contributed by atoms with Gasteiger partial charge in [-0.15, -0.1) is 0 Å². The van der Waals surface area contributed by atoms with Crippen LogP contribution in [0.4, 0.5) is 0 Å². The van der Waals surface area contributed by atoms with Crippen LogP contribution in [0.5, 0.6) is 0 Å². The predicted molar refractivity (Wildman–Crippen MR) is 84.9 cm³/mol. The number of aryl methyl sites for hydroxylation is 1. The maximum absolute atomic E-state index is 12.2. The third-order valence-corrected chi connectivity index (χ3v) is 4.25. The second kappa shape index (κ2) is 5.76. The first-order valence-corrected chi connectivity index (χ1v) is 7.66. The Bertz CT molecular complexity index is 709. The first kappa shape index (κ1) is 13.9. The zero-order valence-corrected chi connectivity index (χ0v) is 12.7. The Labute approximate surface area is 125 Å². The molecule has 2 aromatic rings. The van der Waals surface area contributed by atoms with Gasteiger partial charge in [-0.05, 0) is 50.3 Å². The minimum Gasteiger partial charge on any atom is -0.463 e. The highest BCUT2D eigenvalue weighted by atomic mass is 16.5. The van der Waals surface area contributed by atoms with Crippen LogP contribution in [0.15, 0.2) is 35.9 Å². The van der Waals surface area contributed by atoms with Crippen molar-refractivity contribution in [2.75, 3.05) is 6.61 Å². The highest BCUT2D eigenvalue weighted by Crippen LogP contribution is 2.35. The Hall–Kier alpha value is -2.03. The van der Waals surface area contributed by atoms with Crippen LogP contribution < -0.4 is 0 Å². The van der Waals surface area contributed by atoms with Crippen LogP contribution in [-0.2, 0) is 16.6 Å². The molecule has 0 saturated heterocycles. The number of rotatable bonds is 3. The van der Waals surface area contributed by atoms with E-state index in [4.69, 9.17) is 4.74 Å². The molecule has 3 heteroatoms. The van der Waals surface area contributed by atoms with E-state index < -0.39 is 0 Å². The zero-order chi connectivity index (χ0) is 14.8. The van der Waals surface area contributed by atoms with E-state index in [-0.39, 0.29) is 5.97 Å². The lowest BCUT2D eigenvalue weighted by Crippen LogP contribution is -2.14. The molecule has 1 aliphatic rings. The molecule has 1 aromatic heterocycles. The Balaban J connectivity index is 2.13. The van der Waals surface area contributed by atoms with Crippen molar-refractivity contribution in [2.45, 2.75) is 32.6 Å². The number of carbonyl (C=O) groups excluding carboxylic acids is 1. The molecule has 0 unspecified atom stereocenters. The molecule has 1 aliphatic carbocycles. The van der Waals surface area contributed by atoms with E-state index in [1.807, 2.05) is 19.1 Å². The van der Waals surface area contributed by atoms with Crippen molar-refractivity contribution in [1.29, 1.82) is 0 Å². The van der Waals surface area contributed by atoms with Gasteiger partial charge in [-0.25, -0.2) is 4.79 Å². The maximum Gasteiger partial charge on any atom is 0.334 e. The number of hydrogen-bond acceptors (Lipinski definition) is 2. The van der Waals surface area contributed by atoms with Gasteiger partial charge in [0.1, 0.15) is 0 Å². The van der Waals surface area contributed by atoms with Gasteiger partial charge >= 0.3 is 5.97 Å². The van der Waals surface area contributed by atoms with Crippen molar-refractivity contribution in [3.63, 3.8) is 0 Å². The van der Waals surface area contributed by atoms with Gasteiger partial charge in [-0.2, -0.15) is 0 Å². The molecule has 3 rings (SSSR count). The van der Waals surface area contributed by atoms with Gasteiger partial charge in [0, 0.05) is 29.2 Å². The number of ether oxygens (including phenoxy) is 1. The van der Waals surface area contributed by atoms with Crippen LogP contribution in [0.2, 0.25) is 0 Å². The molecule has 0 amide bonds. The summed E-state index contributed by atoms with van der Waals surface area (Å²) in [7, 11) is 2.07. The summed E-state index contributed by atoms with van der Waals surface area (Å²) in [6.45, 7) is 2.29. The molecular weight excluding hydrogens is 262 g/mol. The zero-order valence-electron chi connectivity index (χ0n) is 12.7. The fraction of sp³-hybridized carbons (Fsp3) is 0.389. The van der Waals surface area contributed by atoms with E-state index in [0.29, 0.717) is 6.61 Å². The fourth-order valence-corrected chi connectivity index (χ4v) is 3.21.